The summed E-state index contributed by atoms with van der Waals surface area (Å²) >= 11 is 0. The SMILES string of the molecule is CCn1nc(-c2ccccc2)cc(N=c2cccc3n(O)cccc2-3)c1=O.CCn1nc(-c2ccccc2)cc(Nc2ccc[n+]([O-])c2)c1=O.CCn1nc(-c2ccccc2)cc(Nc2cncc3ccccc23)c1=O.CCn1nc(-c2cccnc2)cc(Nc2cccnc2)c1=O.CCn1nc(-c2ccncc2)cc(Nc2cccnc2)c1=O. The molecule has 2 aliphatic rings. The fraction of sp³-hybridized carbons (Fsp3) is 0.110. The highest BCUT2D eigenvalue weighted by Crippen LogP contribution is 2.29. The Bertz CT molecular complexity index is 6540. The first-order chi connectivity index (χ1) is 58.6. The van der Waals surface area contributed by atoms with E-state index in [-0.39, 0.29) is 27.8 Å². The minimum Gasteiger partial charge on any atom is -0.619 e. The number of hydrogen-bond acceptors (Lipinski definition) is 22. The lowest BCUT2D eigenvalue weighted by molar-refractivity contribution is -0.604. The van der Waals surface area contributed by atoms with Crippen LogP contribution in [0, 0.1) is 5.21 Å². The molecule has 1 aliphatic carbocycles. The van der Waals surface area contributed by atoms with Crippen LogP contribution in [0.3, 0.4) is 0 Å². The summed E-state index contributed by atoms with van der Waals surface area (Å²) in [4.78, 5) is 87.7. The van der Waals surface area contributed by atoms with E-state index in [1.165, 1.54) is 35.8 Å². The number of rotatable bonds is 19. The van der Waals surface area contributed by atoms with Crippen molar-refractivity contribution in [3.05, 3.63) is 379 Å². The highest BCUT2D eigenvalue weighted by Gasteiger charge is 2.17. The number of nitrogens with one attached hydrogen (secondary N) is 4. The maximum absolute atomic E-state index is 12.7. The number of benzene rings is 5. The number of fused-ring (bicyclic) bond motifs is 2. The molecule has 0 spiro atoms. The number of aryl methyl sites for hydroxylation is 5. The van der Waals surface area contributed by atoms with Gasteiger partial charge in [0.1, 0.15) is 34.1 Å². The van der Waals surface area contributed by atoms with Crippen molar-refractivity contribution in [2.24, 2.45) is 4.99 Å². The molecule has 17 rings (SSSR count). The highest BCUT2D eigenvalue weighted by atomic mass is 16.5. The summed E-state index contributed by atoms with van der Waals surface area (Å²) in [6, 6.07) is 73.0. The van der Waals surface area contributed by atoms with Crippen LogP contribution >= 0.6 is 0 Å². The molecule has 0 fully saturated rings. The molecule has 0 radical (unpaired) electrons. The molecule has 0 saturated heterocycles. The Balaban J connectivity index is 0.000000130. The van der Waals surface area contributed by atoms with E-state index >= 15 is 0 Å². The van der Waals surface area contributed by atoms with Gasteiger partial charge in [-0.3, -0.25) is 48.9 Å². The Morgan fingerprint density at radius 3 is 1.26 bits per heavy atom. The predicted octanol–water partition coefficient (Wildman–Crippen LogP) is 14.8. The molecular formula is C91H82N22O7. The zero-order valence-corrected chi connectivity index (χ0v) is 66.0. The van der Waals surface area contributed by atoms with Crippen LogP contribution in [0.2, 0.25) is 0 Å². The lowest BCUT2D eigenvalue weighted by atomic mass is 10.1. The van der Waals surface area contributed by atoms with Gasteiger partial charge in [-0.1, -0.05) is 121 Å². The van der Waals surface area contributed by atoms with Crippen LogP contribution < -0.4 is 59.2 Å². The van der Waals surface area contributed by atoms with E-state index in [2.05, 4.69) is 76.7 Å². The minimum atomic E-state index is -0.248. The van der Waals surface area contributed by atoms with Gasteiger partial charge in [0.25, 0.3) is 27.8 Å². The monoisotopic (exact) mass is 1590 g/mol. The molecule has 15 aromatic rings. The third-order valence-corrected chi connectivity index (χ3v) is 18.4. The molecule has 4 aromatic carbocycles. The lowest BCUT2D eigenvalue weighted by Gasteiger charge is -2.12. The van der Waals surface area contributed by atoms with Crippen LogP contribution in [0.15, 0.2) is 346 Å². The van der Waals surface area contributed by atoms with Crippen molar-refractivity contribution in [1.82, 2.24) is 78.6 Å². The van der Waals surface area contributed by atoms with Crippen molar-refractivity contribution >= 4 is 62.0 Å². The third-order valence-electron chi connectivity index (χ3n) is 18.4. The maximum Gasteiger partial charge on any atom is 0.292 e. The predicted molar refractivity (Wildman–Crippen MR) is 466 cm³/mol. The fourth-order valence-corrected chi connectivity index (χ4v) is 12.4. The van der Waals surface area contributed by atoms with E-state index in [9.17, 15) is 34.4 Å². The average molecular weight is 1600 g/mol. The minimum absolute atomic E-state index is 0.153. The van der Waals surface area contributed by atoms with E-state index in [1.54, 1.807) is 123 Å². The van der Waals surface area contributed by atoms with Crippen LogP contribution in [-0.2, 0) is 32.7 Å². The molecular weight excluding hydrogens is 1510 g/mol. The van der Waals surface area contributed by atoms with Crippen molar-refractivity contribution < 1.29 is 9.94 Å². The van der Waals surface area contributed by atoms with Gasteiger partial charge in [0, 0.05) is 133 Å². The molecule has 1 aliphatic heterocycles. The van der Waals surface area contributed by atoms with Gasteiger partial charge >= 0.3 is 0 Å². The van der Waals surface area contributed by atoms with Gasteiger partial charge in [-0.15, -0.1) is 0 Å². The summed E-state index contributed by atoms with van der Waals surface area (Å²) in [6.07, 6.45) is 21.4. The van der Waals surface area contributed by atoms with Crippen molar-refractivity contribution in [3.8, 4) is 67.5 Å². The number of aromatic nitrogens is 17. The molecule has 0 atom stereocenters. The lowest BCUT2D eigenvalue weighted by Crippen LogP contribution is -2.27. The second-order valence-electron chi connectivity index (χ2n) is 26.4. The molecule has 0 unspecified atom stereocenters. The summed E-state index contributed by atoms with van der Waals surface area (Å²) < 4.78 is 8.89. The first kappa shape index (κ1) is 81.7. The summed E-state index contributed by atoms with van der Waals surface area (Å²) in [5, 5.41) is 58.5. The van der Waals surface area contributed by atoms with E-state index < -0.39 is 0 Å². The molecule has 0 amide bonds. The normalized spacial score (nSPS) is 10.8. The van der Waals surface area contributed by atoms with Crippen molar-refractivity contribution in [2.75, 3.05) is 21.3 Å². The number of pyridine rings is 7. The molecule has 598 valence electrons. The first-order valence-corrected chi connectivity index (χ1v) is 38.5. The van der Waals surface area contributed by atoms with Gasteiger partial charge in [0.2, 0.25) is 6.20 Å². The van der Waals surface area contributed by atoms with Gasteiger partial charge in [-0.25, -0.2) is 28.4 Å². The molecule has 0 saturated carbocycles. The summed E-state index contributed by atoms with van der Waals surface area (Å²) in [5.74, 6) is 0. The topological polar surface area (TPSA) is 351 Å². The van der Waals surface area contributed by atoms with Crippen LogP contribution in [0.25, 0.3) is 78.3 Å². The zero-order valence-electron chi connectivity index (χ0n) is 66.0. The van der Waals surface area contributed by atoms with E-state index in [4.69, 9.17) is 0 Å². The summed E-state index contributed by atoms with van der Waals surface area (Å²) in [6.45, 7) is 11.8. The first-order valence-electron chi connectivity index (χ1n) is 38.5. The molecule has 29 heteroatoms. The highest BCUT2D eigenvalue weighted by molar-refractivity contribution is 5.94. The number of anilines is 8. The molecule has 0 bridgehead atoms. The number of hydrogen-bond donors (Lipinski definition) is 5. The van der Waals surface area contributed by atoms with Gasteiger partial charge in [0.05, 0.1) is 75.2 Å². The van der Waals surface area contributed by atoms with Gasteiger partial charge < -0.3 is 31.7 Å². The Labute approximate surface area is 687 Å². The Kier molecular flexibility index (Phi) is 27.0. The second-order valence-corrected chi connectivity index (χ2v) is 26.4. The third kappa shape index (κ3) is 20.4. The van der Waals surface area contributed by atoms with E-state index in [1.807, 2.05) is 217 Å². The molecule has 29 nitrogen and oxygen atoms in total. The number of nitrogens with zero attached hydrogens (tertiary/aromatic N) is 18. The average Bonchev–Trinajstić information content (AvgIpc) is 0.708. The smallest absolute Gasteiger partial charge is 0.292 e. The van der Waals surface area contributed by atoms with Crippen molar-refractivity contribution in [2.45, 2.75) is 67.3 Å². The molecule has 5 N–H and O–H groups in total. The zero-order chi connectivity index (χ0) is 83.7. The van der Waals surface area contributed by atoms with Crippen LogP contribution in [0.4, 0.5) is 51.2 Å². The van der Waals surface area contributed by atoms with E-state index in [0.29, 0.717) is 99.7 Å². The van der Waals surface area contributed by atoms with Gasteiger partial charge in [-0.2, -0.15) is 35.0 Å². The van der Waals surface area contributed by atoms with Crippen LogP contribution in [0.1, 0.15) is 34.6 Å². The van der Waals surface area contributed by atoms with Crippen molar-refractivity contribution in [1.29, 1.82) is 0 Å². The molecule has 120 heavy (non-hydrogen) atoms. The Hall–Kier alpha value is -16.3. The summed E-state index contributed by atoms with van der Waals surface area (Å²) in [5.41, 5.74) is 13.5. The standard InChI is InChI=1S/C21H18N4O2.C21H18N4O.C17H16N4O2.2C16H15N5O/c1-2-24-21(26)19(14-18(23-24)15-8-4-3-5-9-15)22-17-11-6-12-20-16(17)10-7-13-25(20)27;1-2-25-21(26)19(12-18(24-25)15-8-4-3-5-9-15)23-20-14-22-13-16-10-6-7-11-17(16)20;1-2-21-17(22)16(18-14-9-6-10-20(23)12-14)11-15(19-21)13-7-4-3-5-8-13;1-2-21-16(22)15(19-13-6-4-8-18-11-13)9-14(20-21)12-5-3-7-17-10-12;1-2-21-16(22)15(19-13-4-3-7-18-11-13)10-14(20-21)12-5-8-17-9-6-12/h3-14,27H,2H2,1H3;3-14,23H,2H2,1H3;3-12,18H,2H2,1H3;2*3-11,19H,2H2,1H3. The largest absolute Gasteiger partial charge is 0.619 e. The summed E-state index contributed by atoms with van der Waals surface area (Å²) in [7, 11) is 0. The van der Waals surface area contributed by atoms with Crippen molar-refractivity contribution in [3.63, 3.8) is 0 Å². The van der Waals surface area contributed by atoms with Gasteiger partial charge in [-0.05, 0) is 144 Å². The van der Waals surface area contributed by atoms with Crippen LogP contribution in [0.5, 0.6) is 0 Å². The quantitative estimate of drug-likeness (QED) is 0.0285. The molecule has 11 aromatic heterocycles. The second kappa shape index (κ2) is 39.6. The van der Waals surface area contributed by atoms with Crippen LogP contribution in [-0.4, -0.2) is 83.8 Å². The Morgan fingerprint density at radius 2 is 0.783 bits per heavy atom. The maximum atomic E-state index is 12.7. The Morgan fingerprint density at radius 1 is 0.358 bits per heavy atom. The van der Waals surface area contributed by atoms with Gasteiger partial charge in [0.15, 0.2) is 6.20 Å². The fourth-order valence-electron chi connectivity index (χ4n) is 12.4. The van der Waals surface area contributed by atoms with E-state index in [0.717, 1.165) is 77.3 Å². The molecule has 12 heterocycles.